The molecule has 1 N–H and O–H groups in total. The van der Waals surface area contributed by atoms with Gasteiger partial charge in [0.25, 0.3) is 0 Å². The lowest BCUT2D eigenvalue weighted by Crippen LogP contribution is -2.15. The summed E-state index contributed by atoms with van der Waals surface area (Å²) in [5, 5.41) is 3.32. The summed E-state index contributed by atoms with van der Waals surface area (Å²) in [5.41, 5.74) is 0. The minimum absolute atomic E-state index is 0.0484. The fraction of sp³-hybridized carbons (Fsp3) is 0.400. The van der Waals surface area contributed by atoms with Gasteiger partial charge in [-0.1, -0.05) is 18.5 Å². The van der Waals surface area contributed by atoms with Crippen molar-refractivity contribution in [3.05, 3.63) is 23.4 Å². The van der Waals surface area contributed by atoms with E-state index in [0.717, 1.165) is 6.42 Å². The first-order valence-corrected chi connectivity index (χ1v) is 4.97. The minimum Gasteiger partial charge on any atom is -0.310 e. The quantitative estimate of drug-likeness (QED) is 0.814. The maximum Gasteiger partial charge on any atom is 0.228 e. The average molecular weight is 211 g/mol. The van der Waals surface area contributed by atoms with Gasteiger partial charge in [-0.2, -0.15) is 0 Å². The lowest BCUT2D eigenvalue weighted by Gasteiger charge is -2.02. The maximum absolute atomic E-state index is 11.5. The number of anilines is 1. The van der Waals surface area contributed by atoms with Crippen molar-refractivity contribution in [1.29, 1.82) is 0 Å². The van der Waals surface area contributed by atoms with Gasteiger partial charge >= 0.3 is 0 Å². The van der Waals surface area contributed by atoms with Gasteiger partial charge in [0.2, 0.25) is 5.91 Å². The zero-order valence-electron chi connectivity index (χ0n) is 7.83. The van der Waals surface area contributed by atoms with Gasteiger partial charge in [0.1, 0.15) is 5.82 Å². The first-order chi connectivity index (χ1) is 6.66. The molecule has 2 rings (SSSR count). The molecule has 1 saturated carbocycles. The highest BCUT2D eigenvalue weighted by atomic mass is 35.5. The normalized spacial score (nSPS) is 24.4. The summed E-state index contributed by atoms with van der Waals surface area (Å²) in [6, 6.07) is 3.32. The van der Waals surface area contributed by atoms with Gasteiger partial charge in [-0.25, -0.2) is 4.98 Å². The van der Waals surface area contributed by atoms with E-state index in [1.54, 1.807) is 18.3 Å². The second-order valence-electron chi connectivity index (χ2n) is 3.67. The minimum atomic E-state index is 0.0484. The van der Waals surface area contributed by atoms with E-state index in [4.69, 9.17) is 11.6 Å². The van der Waals surface area contributed by atoms with E-state index >= 15 is 0 Å². The molecule has 1 aliphatic rings. The zero-order chi connectivity index (χ0) is 10.1. The number of aromatic nitrogens is 1. The highest BCUT2D eigenvalue weighted by Gasteiger charge is 2.39. The Morgan fingerprint density at radius 1 is 1.71 bits per heavy atom. The van der Waals surface area contributed by atoms with Crippen LogP contribution >= 0.6 is 11.6 Å². The number of nitrogens with one attached hydrogen (secondary N) is 1. The van der Waals surface area contributed by atoms with Crippen LogP contribution in [0.25, 0.3) is 0 Å². The number of rotatable bonds is 2. The van der Waals surface area contributed by atoms with Gasteiger partial charge in [0.15, 0.2) is 0 Å². The Balaban J connectivity index is 2.00. The molecule has 3 nitrogen and oxygen atoms in total. The van der Waals surface area contributed by atoms with Gasteiger partial charge in [-0.15, -0.1) is 0 Å². The molecule has 0 aromatic carbocycles. The summed E-state index contributed by atoms with van der Waals surface area (Å²) in [6.45, 7) is 2.07. The molecule has 1 aliphatic carbocycles. The molecule has 2 unspecified atom stereocenters. The van der Waals surface area contributed by atoms with Crippen molar-refractivity contribution in [2.45, 2.75) is 13.3 Å². The van der Waals surface area contributed by atoms with Crippen molar-refractivity contribution < 1.29 is 4.79 Å². The Morgan fingerprint density at radius 2 is 2.43 bits per heavy atom. The van der Waals surface area contributed by atoms with Gasteiger partial charge in [-0.05, 0) is 24.5 Å². The van der Waals surface area contributed by atoms with Crippen LogP contribution in [-0.2, 0) is 4.79 Å². The summed E-state index contributed by atoms with van der Waals surface area (Å²) < 4.78 is 0. The highest BCUT2D eigenvalue weighted by Crippen LogP contribution is 2.38. The zero-order valence-corrected chi connectivity index (χ0v) is 8.58. The molecule has 14 heavy (non-hydrogen) atoms. The molecule has 1 amide bonds. The van der Waals surface area contributed by atoms with Crippen molar-refractivity contribution in [3.63, 3.8) is 0 Å². The molecular weight excluding hydrogens is 200 g/mol. The van der Waals surface area contributed by atoms with Crippen molar-refractivity contribution in [3.8, 4) is 0 Å². The lowest BCUT2D eigenvalue weighted by molar-refractivity contribution is -0.117. The Morgan fingerprint density at radius 3 is 3.00 bits per heavy atom. The Labute approximate surface area is 87.5 Å². The predicted octanol–water partition coefficient (Wildman–Crippen LogP) is 2.33. The Bertz CT molecular complexity index is 367. The van der Waals surface area contributed by atoms with E-state index in [9.17, 15) is 4.79 Å². The third-order valence-corrected chi connectivity index (χ3v) is 2.65. The van der Waals surface area contributed by atoms with Crippen LogP contribution in [0.5, 0.6) is 0 Å². The van der Waals surface area contributed by atoms with Crippen LogP contribution in [0.15, 0.2) is 18.3 Å². The molecular formula is C10H11ClN2O. The van der Waals surface area contributed by atoms with Gasteiger partial charge in [-0.3, -0.25) is 4.79 Å². The molecule has 2 atom stereocenters. The van der Waals surface area contributed by atoms with Crippen LogP contribution in [0.1, 0.15) is 13.3 Å². The number of nitrogens with zero attached hydrogens (tertiary/aromatic N) is 1. The number of carbonyl (C=O) groups excluding carboxylic acids is 1. The second-order valence-corrected chi connectivity index (χ2v) is 4.10. The number of amides is 1. The lowest BCUT2D eigenvalue weighted by atomic mass is 10.3. The van der Waals surface area contributed by atoms with E-state index < -0.39 is 0 Å². The Kier molecular flexibility index (Phi) is 2.42. The van der Waals surface area contributed by atoms with Gasteiger partial charge in [0, 0.05) is 17.1 Å². The van der Waals surface area contributed by atoms with E-state index in [1.165, 1.54) is 0 Å². The SMILES string of the molecule is CC1CC1C(=O)Nc1cc(Cl)ccn1. The second kappa shape index (κ2) is 3.58. The molecule has 0 radical (unpaired) electrons. The van der Waals surface area contributed by atoms with Crippen LogP contribution in [0.2, 0.25) is 5.02 Å². The molecule has 0 saturated heterocycles. The average Bonchev–Trinajstić information content (AvgIpc) is 2.82. The standard InChI is InChI=1S/C10H11ClN2O/c1-6-4-8(6)10(14)13-9-5-7(11)2-3-12-9/h2-3,5-6,8H,4H2,1H3,(H,12,13,14). The molecule has 1 fully saturated rings. The highest BCUT2D eigenvalue weighted by molar-refractivity contribution is 6.30. The smallest absolute Gasteiger partial charge is 0.228 e. The van der Waals surface area contributed by atoms with Crippen molar-refractivity contribution in [1.82, 2.24) is 4.98 Å². The topological polar surface area (TPSA) is 42.0 Å². The van der Waals surface area contributed by atoms with Gasteiger partial charge in [0.05, 0.1) is 0 Å². The monoisotopic (exact) mass is 210 g/mol. The maximum atomic E-state index is 11.5. The summed E-state index contributed by atoms with van der Waals surface area (Å²) in [4.78, 5) is 15.5. The fourth-order valence-electron chi connectivity index (χ4n) is 1.38. The van der Waals surface area contributed by atoms with E-state index in [-0.39, 0.29) is 11.8 Å². The summed E-state index contributed by atoms with van der Waals surface area (Å²) in [5.74, 6) is 1.25. The summed E-state index contributed by atoms with van der Waals surface area (Å²) >= 11 is 5.76. The first-order valence-electron chi connectivity index (χ1n) is 4.59. The summed E-state index contributed by atoms with van der Waals surface area (Å²) in [6.07, 6.45) is 2.56. The number of hydrogen-bond acceptors (Lipinski definition) is 2. The van der Waals surface area contributed by atoms with Crippen LogP contribution < -0.4 is 5.32 Å². The molecule has 0 bridgehead atoms. The molecule has 1 heterocycles. The number of pyridine rings is 1. The molecule has 4 heteroatoms. The van der Waals surface area contributed by atoms with Gasteiger partial charge < -0.3 is 5.32 Å². The first kappa shape index (κ1) is 9.46. The summed E-state index contributed by atoms with van der Waals surface area (Å²) in [7, 11) is 0. The fourth-order valence-corrected chi connectivity index (χ4v) is 1.54. The number of carbonyl (C=O) groups is 1. The van der Waals surface area contributed by atoms with Crippen LogP contribution in [0.4, 0.5) is 5.82 Å². The van der Waals surface area contributed by atoms with Crippen molar-refractivity contribution >= 4 is 23.3 Å². The largest absolute Gasteiger partial charge is 0.310 e. The number of hydrogen-bond donors (Lipinski definition) is 1. The van der Waals surface area contributed by atoms with E-state index in [2.05, 4.69) is 17.2 Å². The van der Waals surface area contributed by atoms with Crippen LogP contribution in [0, 0.1) is 11.8 Å². The van der Waals surface area contributed by atoms with Crippen molar-refractivity contribution in [2.24, 2.45) is 11.8 Å². The molecule has 0 aliphatic heterocycles. The molecule has 1 aromatic rings. The van der Waals surface area contributed by atoms with Crippen LogP contribution in [-0.4, -0.2) is 10.9 Å². The van der Waals surface area contributed by atoms with Crippen molar-refractivity contribution in [2.75, 3.05) is 5.32 Å². The predicted molar refractivity (Wildman–Crippen MR) is 55.1 cm³/mol. The Hall–Kier alpha value is -1.09. The van der Waals surface area contributed by atoms with Crippen LogP contribution in [0.3, 0.4) is 0 Å². The van der Waals surface area contributed by atoms with E-state index in [0.29, 0.717) is 16.8 Å². The third kappa shape index (κ3) is 2.04. The van der Waals surface area contributed by atoms with E-state index in [1.807, 2.05) is 0 Å². The molecule has 74 valence electrons. The number of halogens is 1. The third-order valence-electron chi connectivity index (χ3n) is 2.42. The molecule has 1 aromatic heterocycles. The molecule has 0 spiro atoms.